The Morgan fingerprint density at radius 1 is 1.33 bits per heavy atom. The monoisotopic (exact) mass is 265 g/mol. The third-order valence-corrected chi connectivity index (χ3v) is 3.04. The third-order valence-electron chi connectivity index (χ3n) is 2.38. The van der Waals surface area contributed by atoms with Crippen molar-refractivity contribution >= 4 is 26.8 Å². The first-order valence-corrected chi connectivity index (χ1v) is 5.67. The quantitative estimate of drug-likeness (QED) is 0.829. The van der Waals surface area contributed by atoms with E-state index < -0.39 is 0 Å². The molecule has 1 aromatic carbocycles. The molecule has 1 heterocycles. The average molecular weight is 266 g/mol. The number of ether oxygens (including phenoxy) is 1. The molecule has 0 spiro atoms. The zero-order valence-corrected chi connectivity index (χ0v) is 10.3. The molecule has 0 aliphatic heterocycles. The summed E-state index contributed by atoms with van der Waals surface area (Å²) in [7, 11) is 1.67. The Morgan fingerprint density at radius 2 is 2.13 bits per heavy atom. The second-order valence-electron chi connectivity index (χ2n) is 3.33. The summed E-state index contributed by atoms with van der Waals surface area (Å²) in [6.07, 6.45) is 0.945. The fraction of sp³-hybridized carbons (Fsp3) is 0.250. The summed E-state index contributed by atoms with van der Waals surface area (Å²) in [5, 5.41) is 1.09. The van der Waals surface area contributed by atoms with Crippen molar-refractivity contribution in [3.63, 3.8) is 0 Å². The van der Waals surface area contributed by atoms with E-state index in [2.05, 4.69) is 33.9 Å². The molecule has 15 heavy (non-hydrogen) atoms. The molecule has 0 fully saturated rings. The topological polar surface area (TPSA) is 22.1 Å². The number of methoxy groups -OCH3 is 1. The largest absolute Gasteiger partial charge is 0.497 e. The van der Waals surface area contributed by atoms with Crippen molar-refractivity contribution in [1.82, 2.24) is 4.98 Å². The van der Waals surface area contributed by atoms with Gasteiger partial charge in [0.15, 0.2) is 0 Å². The molecule has 0 unspecified atom stereocenters. The summed E-state index contributed by atoms with van der Waals surface area (Å²) < 4.78 is 6.26. The number of aromatic nitrogens is 1. The molecule has 2 rings (SSSR count). The number of pyridine rings is 1. The molecule has 2 aromatic rings. The number of rotatable bonds is 2. The van der Waals surface area contributed by atoms with Gasteiger partial charge in [-0.2, -0.15) is 0 Å². The van der Waals surface area contributed by atoms with E-state index in [1.165, 1.54) is 0 Å². The number of benzene rings is 1. The van der Waals surface area contributed by atoms with Crippen LogP contribution in [0.2, 0.25) is 0 Å². The van der Waals surface area contributed by atoms with Crippen molar-refractivity contribution < 1.29 is 4.74 Å². The van der Waals surface area contributed by atoms with Crippen molar-refractivity contribution in [1.29, 1.82) is 0 Å². The Hall–Kier alpha value is -1.09. The standard InChI is InChI=1S/C12H12BrNO/c1-3-8-6-11(13)10-7-9(15-2)4-5-12(10)14-8/h4-7H,3H2,1-2H3. The molecular weight excluding hydrogens is 254 g/mol. The molecule has 0 amide bonds. The van der Waals surface area contributed by atoms with Gasteiger partial charge in [0, 0.05) is 15.6 Å². The normalized spacial score (nSPS) is 10.6. The maximum Gasteiger partial charge on any atom is 0.119 e. The van der Waals surface area contributed by atoms with E-state index in [9.17, 15) is 0 Å². The van der Waals surface area contributed by atoms with Gasteiger partial charge in [0.25, 0.3) is 0 Å². The number of halogens is 1. The molecule has 0 aliphatic rings. The van der Waals surface area contributed by atoms with E-state index in [1.807, 2.05) is 18.2 Å². The summed E-state index contributed by atoms with van der Waals surface area (Å²) in [4.78, 5) is 4.54. The van der Waals surface area contributed by atoms with E-state index in [-0.39, 0.29) is 0 Å². The van der Waals surface area contributed by atoms with Crippen molar-refractivity contribution in [3.05, 3.63) is 34.4 Å². The van der Waals surface area contributed by atoms with Crippen molar-refractivity contribution in [2.24, 2.45) is 0 Å². The summed E-state index contributed by atoms with van der Waals surface area (Å²) >= 11 is 3.56. The Labute approximate surface area is 97.4 Å². The molecule has 0 aliphatic carbocycles. The first-order chi connectivity index (χ1) is 7.24. The number of nitrogens with zero attached hydrogens (tertiary/aromatic N) is 1. The molecule has 0 atom stereocenters. The van der Waals surface area contributed by atoms with Gasteiger partial charge in [-0.1, -0.05) is 22.9 Å². The van der Waals surface area contributed by atoms with E-state index >= 15 is 0 Å². The van der Waals surface area contributed by atoms with Gasteiger partial charge in [-0.25, -0.2) is 0 Å². The highest BCUT2D eigenvalue weighted by molar-refractivity contribution is 9.10. The van der Waals surface area contributed by atoms with Crippen LogP contribution < -0.4 is 4.74 Å². The van der Waals surface area contributed by atoms with Crippen LogP contribution in [0.25, 0.3) is 10.9 Å². The van der Waals surface area contributed by atoms with Crippen LogP contribution in [0.5, 0.6) is 5.75 Å². The SMILES string of the molecule is CCc1cc(Br)c2cc(OC)ccc2n1. The predicted octanol–water partition coefficient (Wildman–Crippen LogP) is 3.57. The van der Waals surface area contributed by atoms with Gasteiger partial charge in [-0.3, -0.25) is 4.98 Å². The highest BCUT2D eigenvalue weighted by atomic mass is 79.9. The second kappa shape index (κ2) is 4.19. The predicted molar refractivity (Wildman–Crippen MR) is 65.4 cm³/mol. The minimum atomic E-state index is 0.856. The van der Waals surface area contributed by atoms with Crippen LogP contribution in [0.3, 0.4) is 0 Å². The highest BCUT2D eigenvalue weighted by Crippen LogP contribution is 2.27. The zero-order valence-electron chi connectivity index (χ0n) is 8.75. The Morgan fingerprint density at radius 3 is 2.80 bits per heavy atom. The molecular formula is C12H12BrNO. The first-order valence-electron chi connectivity index (χ1n) is 4.87. The summed E-state index contributed by atoms with van der Waals surface area (Å²) in [6.45, 7) is 2.10. The molecule has 1 aromatic heterocycles. The smallest absolute Gasteiger partial charge is 0.119 e. The van der Waals surface area contributed by atoms with Crippen LogP contribution in [0.15, 0.2) is 28.7 Å². The molecule has 3 heteroatoms. The molecule has 0 saturated carbocycles. The van der Waals surface area contributed by atoms with Gasteiger partial charge in [0.2, 0.25) is 0 Å². The van der Waals surface area contributed by atoms with Gasteiger partial charge < -0.3 is 4.74 Å². The van der Waals surface area contributed by atoms with Gasteiger partial charge in [-0.05, 0) is 30.7 Å². The minimum Gasteiger partial charge on any atom is -0.497 e. The molecule has 0 bridgehead atoms. The Kier molecular flexibility index (Phi) is 2.91. The molecule has 2 nitrogen and oxygen atoms in total. The van der Waals surface area contributed by atoms with Crippen LogP contribution in [-0.4, -0.2) is 12.1 Å². The van der Waals surface area contributed by atoms with Gasteiger partial charge in [-0.15, -0.1) is 0 Å². The second-order valence-corrected chi connectivity index (χ2v) is 4.19. The number of hydrogen-bond donors (Lipinski definition) is 0. The lowest BCUT2D eigenvalue weighted by atomic mass is 10.2. The van der Waals surface area contributed by atoms with Crippen LogP contribution in [0, 0.1) is 0 Å². The van der Waals surface area contributed by atoms with Crippen molar-refractivity contribution in [2.75, 3.05) is 7.11 Å². The van der Waals surface area contributed by atoms with E-state index in [1.54, 1.807) is 7.11 Å². The fourth-order valence-electron chi connectivity index (χ4n) is 1.52. The number of fused-ring (bicyclic) bond motifs is 1. The van der Waals surface area contributed by atoms with Crippen LogP contribution in [-0.2, 0) is 6.42 Å². The van der Waals surface area contributed by atoms with Gasteiger partial charge in [0.1, 0.15) is 5.75 Å². The van der Waals surface area contributed by atoms with Crippen LogP contribution >= 0.6 is 15.9 Å². The third kappa shape index (κ3) is 1.97. The van der Waals surface area contributed by atoms with Crippen molar-refractivity contribution in [3.8, 4) is 5.75 Å². The lowest BCUT2D eigenvalue weighted by molar-refractivity contribution is 0.415. The highest BCUT2D eigenvalue weighted by Gasteiger charge is 2.04. The van der Waals surface area contributed by atoms with Gasteiger partial charge >= 0.3 is 0 Å². The van der Waals surface area contributed by atoms with Crippen LogP contribution in [0.1, 0.15) is 12.6 Å². The van der Waals surface area contributed by atoms with Crippen LogP contribution in [0.4, 0.5) is 0 Å². The average Bonchev–Trinajstić information content (AvgIpc) is 2.28. The number of hydrogen-bond acceptors (Lipinski definition) is 2. The first kappa shape index (κ1) is 10.4. The maximum absolute atomic E-state index is 5.19. The lowest BCUT2D eigenvalue weighted by Crippen LogP contribution is -1.90. The minimum absolute atomic E-state index is 0.856. The maximum atomic E-state index is 5.19. The molecule has 0 saturated heterocycles. The molecule has 78 valence electrons. The summed E-state index contributed by atoms with van der Waals surface area (Å²) in [6, 6.07) is 7.97. The van der Waals surface area contributed by atoms with E-state index in [0.29, 0.717) is 0 Å². The fourth-order valence-corrected chi connectivity index (χ4v) is 2.10. The molecule has 0 radical (unpaired) electrons. The Bertz CT molecular complexity index is 496. The van der Waals surface area contributed by atoms with Gasteiger partial charge in [0.05, 0.1) is 12.6 Å². The van der Waals surface area contributed by atoms with Crippen molar-refractivity contribution in [2.45, 2.75) is 13.3 Å². The zero-order chi connectivity index (χ0) is 10.8. The van der Waals surface area contributed by atoms with E-state index in [4.69, 9.17) is 4.74 Å². The Balaban J connectivity index is 2.68. The lowest BCUT2D eigenvalue weighted by Gasteiger charge is -2.05. The van der Waals surface area contributed by atoms with E-state index in [0.717, 1.165) is 33.2 Å². The summed E-state index contributed by atoms with van der Waals surface area (Å²) in [5.41, 5.74) is 2.10. The summed E-state index contributed by atoms with van der Waals surface area (Å²) in [5.74, 6) is 0.856. The molecule has 0 N–H and O–H groups in total. The number of aryl methyl sites for hydroxylation is 1.